The van der Waals surface area contributed by atoms with Gasteiger partial charge in [-0.15, -0.1) is 11.3 Å². The Morgan fingerprint density at radius 3 is 2.42 bits per heavy atom. The molecular formula is C15H14Cl2N6S. The van der Waals surface area contributed by atoms with Gasteiger partial charge >= 0.3 is 0 Å². The van der Waals surface area contributed by atoms with Crippen LogP contribution in [-0.4, -0.2) is 15.0 Å². The Bertz CT molecular complexity index is 876. The first-order valence-electron chi connectivity index (χ1n) is 6.97. The van der Waals surface area contributed by atoms with Crippen LogP contribution >= 0.6 is 34.5 Å². The van der Waals surface area contributed by atoms with E-state index in [9.17, 15) is 0 Å². The SMILES string of the molecule is Cc1nc(Nc2ncnc(Nc3ccc(Cl)cc3Cl)c2N)sc1C. The molecule has 2 aromatic heterocycles. The zero-order chi connectivity index (χ0) is 17.3. The minimum Gasteiger partial charge on any atom is -0.393 e. The average Bonchev–Trinajstić information content (AvgIpc) is 2.84. The van der Waals surface area contributed by atoms with E-state index < -0.39 is 0 Å². The van der Waals surface area contributed by atoms with E-state index in [0.717, 1.165) is 15.7 Å². The molecule has 0 aliphatic rings. The van der Waals surface area contributed by atoms with E-state index in [0.29, 0.717) is 33.1 Å². The monoisotopic (exact) mass is 380 g/mol. The van der Waals surface area contributed by atoms with E-state index in [1.807, 2.05) is 13.8 Å². The molecule has 0 bridgehead atoms. The molecular weight excluding hydrogens is 367 g/mol. The van der Waals surface area contributed by atoms with Crippen molar-refractivity contribution in [3.05, 3.63) is 45.1 Å². The number of aromatic nitrogens is 3. The summed E-state index contributed by atoms with van der Waals surface area (Å²) < 4.78 is 0. The third kappa shape index (κ3) is 3.53. The number of aryl methyl sites for hydroxylation is 2. The Morgan fingerprint density at radius 1 is 1.08 bits per heavy atom. The summed E-state index contributed by atoms with van der Waals surface area (Å²) in [5.41, 5.74) is 8.16. The van der Waals surface area contributed by atoms with E-state index in [1.54, 1.807) is 18.2 Å². The van der Waals surface area contributed by atoms with Gasteiger partial charge in [0.1, 0.15) is 12.0 Å². The molecule has 3 aromatic rings. The van der Waals surface area contributed by atoms with Crippen molar-refractivity contribution < 1.29 is 0 Å². The number of nitrogens with two attached hydrogens (primary N) is 1. The summed E-state index contributed by atoms with van der Waals surface area (Å²) in [7, 11) is 0. The molecule has 1 aromatic carbocycles. The Morgan fingerprint density at radius 2 is 1.79 bits per heavy atom. The molecule has 24 heavy (non-hydrogen) atoms. The lowest BCUT2D eigenvalue weighted by atomic mass is 10.3. The fourth-order valence-electron chi connectivity index (χ4n) is 1.94. The lowest BCUT2D eigenvalue weighted by Crippen LogP contribution is -2.05. The van der Waals surface area contributed by atoms with Crippen molar-refractivity contribution >= 4 is 62.7 Å². The topological polar surface area (TPSA) is 88.8 Å². The second kappa shape index (κ2) is 6.80. The van der Waals surface area contributed by atoms with Crippen LogP contribution < -0.4 is 16.4 Å². The van der Waals surface area contributed by atoms with Crippen LogP contribution in [0, 0.1) is 13.8 Å². The summed E-state index contributed by atoms with van der Waals surface area (Å²) in [5.74, 6) is 0.924. The van der Waals surface area contributed by atoms with E-state index in [2.05, 4.69) is 25.6 Å². The van der Waals surface area contributed by atoms with Gasteiger partial charge in [-0.05, 0) is 32.0 Å². The van der Waals surface area contributed by atoms with Gasteiger partial charge < -0.3 is 16.4 Å². The summed E-state index contributed by atoms with van der Waals surface area (Å²) in [6, 6.07) is 5.13. The summed E-state index contributed by atoms with van der Waals surface area (Å²) in [4.78, 5) is 13.9. The van der Waals surface area contributed by atoms with Gasteiger partial charge in [-0.25, -0.2) is 15.0 Å². The quantitative estimate of drug-likeness (QED) is 0.594. The summed E-state index contributed by atoms with van der Waals surface area (Å²) in [6.07, 6.45) is 1.41. The average molecular weight is 381 g/mol. The van der Waals surface area contributed by atoms with Crippen molar-refractivity contribution in [2.24, 2.45) is 0 Å². The molecule has 0 radical (unpaired) electrons. The highest BCUT2D eigenvalue weighted by molar-refractivity contribution is 7.15. The lowest BCUT2D eigenvalue weighted by Gasteiger charge is -2.12. The highest BCUT2D eigenvalue weighted by Crippen LogP contribution is 2.33. The largest absolute Gasteiger partial charge is 0.393 e. The highest BCUT2D eigenvalue weighted by Gasteiger charge is 2.12. The molecule has 4 N–H and O–H groups in total. The Hall–Kier alpha value is -2.09. The first kappa shape index (κ1) is 16.8. The van der Waals surface area contributed by atoms with Gasteiger partial charge in [-0.2, -0.15) is 0 Å². The number of rotatable bonds is 4. The molecule has 2 heterocycles. The van der Waals surface area contributed by atoms with Crippen molar-refractivity contribution in [2.75, 3.05) is 16.4 Å². The van der Waals surface area contributed by atoms with Gasteiger partial charge in [-0.3, -0.25) is 0 Å². The fraction of sp³-hybridized carbons (Fsp3) is 0.133. The smallest absolute Gasteiger partial charge is 0.188 e. The molecule has 0 unspecified atom stereocenters. The summed E-state index contributed by atoms with van der Waals surface area (Å²) >= 11 is 13.6. The first-order chi connectivity index (χ1) is 11.4. The molecule has 0 aliphatic heterocycles. The molecule has 0 spiro atoms. The van der Waals surface area contributed by atoms with Crippen molar-refractivity contribution in [1.82, 2.24) is 15.0 Å². The number of nitrogen functional groups attached to an aromatic ring is 1. The molecule has 0 atom stereocenters. The predicted octanol–water partition coefficient (Wildman–Crippen LogP) is 4.93. The van der Waals surface area contributed by atoms with Crippen molar-refractivity contribution in [3.8, 4) is 0 Å². The van der Waals surface area contributed by atoms with Crippen LogP contribution in [0.3, 0.4) is 0 Å². The van der Waals surface area contributed by atoms with Crippen molar-refractivity contribution in [1.29, 1.82) is 0 Å². The maximum Gasteiger partial charge on any atom is 0.188 e. The zero-order valence-electron chi connectivity index (χ0n) is 12.9. The van der Waals surface area contributed by atoms with Crippen LogP contribution in [-0.2, 0) is 0 Å². The Labute approximate surface area is 153 Å². The van der Waals surface area contributed by atoms with Gasteiger partial charge in [0.25, 0.3) is 0 Å². The van der Waals surface area contributed by atoms with Crippen LogP contribution in [0.2, 0.25) is 10.0 Å². The van der Waals surface area contributed by atoms with Crippen LogP contribution in [0.1, 0.15) is 10.6 Å². The maximum atomic E-state index is 6.17. The predicted molar refractivity (Wildman–Crippen MR) is 101 cm³/mol. The molecule has 124 valence electrons. The normalized spacial score (nSPS) is 10.7. The molecule has 6 nitrogen and oxygen atoms in total. The van der Waals surface area contributed by atoms with Gasteiger partial charge in [0.15, 0.2) is 16.8 Å². The molecule has 0 saturated carbocycles. The number of halogens is 2. The van der Waals surface area contributed by atoms with E-state index in [4.69, 9.17) is 28.9 Å². The summed E-state index contributed by atoms with van der Waals surface area (Å²) in [6.45, 7) is 3.97. The number of nitrogens with one attached hydrogen (secondary N) is 2. The number of benzene rings is 1. The van der Waals surface area contributed by atoms with Gasteiger partial charge in [0, 0.05) is 9.90 Å². The maximum absolute atomic E-state index is 6.17. The molecule has 0 aliphatic carbocycles. The van der Waals surface area contributed by atoms with E-state index in [1.165, 1.54) is 17.7 Å². The van der Waals surface area contributed by atoms with Crippen LogP contribution in [0.5, 0.6) is 0 Å². The second-order valence-electron chi connectivity index (χ2n) is 5.02. The molecule has 9 heteroatoms. The van der Waals surface area contributed by atoms with Gasteiger partial charge in [0.05, 0.1) is 16.4 Å². The molecule has 0 amide bonds. The summed E-state index contributed by atoms with van der Waals surface area (Å²) in [5, 5.41) is 7.96. The minimum absolute atomic E-state index is 0.369. The third-order valence-corrected chi connectivity index (χ3v) is 4.86. The fourth-order valence-corrected chi connectivity index (χ4v) is 3.21. The zero-order valence-corrected chi connectivity index (χ0v) is 15.2. The standard InChI is InChI=1S/C15H14Cl2N6S/c1-7-8(2)24-15(21-7)23-14-12(18)13(19-6-20-14)22-11-4-3-9(16)5-10(11)17/h3-6H,18H2,1-2H3,(H2,19,20,21,22,23). The number of nitrogens with zero attached hydrogens (tertiary/aromatic N) is 3. The third-order valence-electron chi connectivity index (χ3n) is 3.32. The number of anilines is 5. The Kier molecular flexibility index (Phi) is 4.75. The van der Waals surface area contributed by atoms with Crippen LogP contribution in [0.25, 0.3) is 0 Å². The Balaban J connectivity index is 1.87. The van der Waals surface area contributed by atoms with E-state index in [-0.39, 0.29) is 0 Å². The van der Waals surface area contributed by atoms with Crippen molar-refractivity contribution in [2.45, 2.75) is 13.8 Å². The van der Waals surface area contributed by atoms with Crippen LogP contribution in [0.4, 0.5) is 28.1 Å². The van der Waals surface area contributed by atoms with E-state index >= 15 is 0 Å². The first-order valence-corrected chi connectivity index (χ1v) is 8.55. The minimum atomic E-state index is 0.369. The number of hydrogen-bond acceptors (Lipinski definition) is 7. The number of thiazole rings is 1. The van der Waals surface area contributed by atoms with Gasteiger partial charge in [0.2, 0.25) is 0 Å². The molecule has 3 rings (SSSR count). The van der Waals surface area contributed by atoms with Gasteiger partial charge in [-0.1, -0.05) is 23.2 Å². The lowest BCUT2D eigenvalue weighted by molar-refractivity contribution is 1.16. The highest BCUT2D eigenvalue weighted by atomic mass is 35.5. The van der Waals surface area contributed by atoms with Crippen molar-refractivity contribution in [3.63, 3.8) is 0 Å². The second-order valence-corrected chi connectivity index (χ2v) is 7.07. The number of hydrogen-bond donors (Lipinski definition) is 3. The van der Waals surface area contributed by atoms with Crippen LogP contribution in [0.15, 0.2) is 24.5 Å². The molecule has 0 fully saturated rings. The molecule has 0 saturated heterocycles.